The number of hydrogen-bond acceptors (Lipinski definition) is 5. The molecule has 0 fully saturated rings. The van der Waals surface area contributed by atoms with Crippen LogP contribution >= 0.6 is 11.3 Å². The molecule has 104 valence electrons. The summed E-state index contributed by atoms with van der Waals surface area (Å²) in [4.78, 5) is 20.6. The Morgan fingerprint density at radius 3 is 2.67 bits per heavy atom. The van der Waals surface area contributed by atoms with E-state index in [4.69, 9.17) is 4.74 Å². The zero-order valence-corrected chi connectivity index (χ0v) is 11.9. The summed E-state index contributed by atoms with van der Waals surface area (Å²) in [6.45, 7) is 0.444. The van der Waals surface area contributed by atoms with Gasteiger partial charge in [-0.25, -0.2) is 9.97 Å². The van der Waals surface area contributed by atoms with Gasteiger partial charge in [0.05, 0.1) is 10.4 Å². The van der Waals surface area contributed by atoms with Gasteiger partial charge in [-0.1, -0.05) is 18.2 Å². The summed E-state index contributed by atoms with van der Waals surface area (Å²) < 4.78 is 5.66. The van der Waals surface area contributed by atoms with Crippen molar-refractivity contribution < 1.29 is 9.53 Å². The first-order chi connectivity index (χ1) is 10.3. The number of nitrogens with zero attached hydrogens (tertiary/aromatic N) is 2. The smallest absolute Gasteiger partial charge is 0.206 e. The van der Waals surface area contributed by atoms with Crippen molar-refractivity contribution in [1.82, 2.24) is 9.97 Å². The van der Waals surface area contributed by atoms with Crippen LogP contribution in [0.4, 0.5) is 0 Å². The van der Waals surface area contributed by atoms with Crippen LogP contribution in [0, 0.1) is 0 Å². The van der Waals surface area contributed by atoms with E-state index in [-0.39, 0.29) is 5.78 Å². The molecule has 0 aliphatic carbocycles. The van der Waals surface area contributed by atoms with Gasteiger partial charge in [-0.15, -0.1) is 11.3 Å². The van der Waals surface area contributed by atoms with Crippen LogP contribution in [0.25, 0.3) is 0 Å². The van der Waals surface area contributed by atoms with Crippen molar-refractivity contribution in [3.8, 4) is 5.75 Å². The molecule has 0 radical (unpaired) electrons. The van der Waals surface area contributed by atoms with Crippen molar-refractivity contribution in [1.29, 1.82) is 0 Å². The molecule has 0 saturated carbocycles. The van der Waals surface area contributed by atoms with Crippen LogP contribution in [0.15, 0.2) is 60.5 Å². The first-order valence-electron chi connectivity index (χ1n) is 6.38. The molecule has 21 heavy (non-hydrogen) atoms. The number of rotatable bonds is 5. The van der Waals surface area contributed by atoms with Crippen LogP contribution < -0.4 is 4.74 Å². The van der Waals surface area contributed by atoms with Crippen LogP contribution in [0.2, 0.25) is 0 Å². The van der Waals surface area contributed by atoms with E-state index in [1.54, 1.807) is 0 Å². The lowest BCUT2D eigenvalue weighted by Crippen LogP contribution is -2.00. The predicted octanol–water partition coefficient (Wildman–Crippen LogP) is 3.35. The molecule has 3 aromatic rings. The summed E-state index contributed by atoms with van der Waals surface area (Å²) in [6, 6.07) is 11.4. The van der Waals surface area contributed by atoms with Gasteiger partial charge in [0.1, 0.15) is 18.7 Å². The summed E-state index contributed by atoms with van der Waals surface area (Å²) in [5, 5.41) is 1.93. The van der Waals surface area contributed by atoms with Gasteiger partial charge in [0.2, 0.25) is 5.78 Å². The Balaban J connectivity index is 1.68. The highest BCUT2D eigenvalue weighted by Gasteiger charge is 2.12. The number of thiophene rings is 1. The summed E-state index contributed by atoms with van der Waals surface area (Å²) in [6.07, 6.45) is 4.45. The van der Waals surface area contributed by atoms with E-state index in [9.17, 15) is 4.79 Å². The fourth-order valence-corrected chi connectivity index (χ4v) is 2.67. The van der Waals surface area contributed by atoms with Crippen molar-refractivity contribution >= 4 is 17.1 Å². The first kappa shape index (κ1) is 13.5. The number of ether oxygens (including phenoxy) is 1. The van der Waals surface area contributed by atoms with Gasteiger partial charge in [0, 0.05) is 18.0 Å². The predicted molar refractivity (Wildman–Crippen MR) is 80.6 cm³/mol. The van der Waals surface area contributed by atoms with Crippen molar-refractivity contribution in [3.63, 3.8) is 0 Å². The van der Waals surface area contributed by atoms with Crippen molar-refractivity contribution in [2.75, 3.05) is 0 Å². The Morgan fingerprint density at radius 1 is 1.14 bits per heavy atom. The van der Waals surface area contributed by atoms with Gasteiger partial charge >= 0.3 is 0 Å². The first-order valence-corrected chi connectivity index (χ1v) is 7.26. The molecule has 0 bridgehead atoms. The second kappa shape index (κ2) is 6.28. The van der Waals surface area contributed by atoms with Gasteiger partial charge in [0.15, 0.2) is 0 Å². The van der Waals surface area contributed by atoms with Crippen LogP contribution in [0.1, 0.15) is 20.8 Å². The lowest BCUT2D eigenvalue weighted by atomic mass is 10.2. The Labute approximate surface area is 126 Å². The number of ketones is 1. The molecule has 2 aromatic heterocycles. The quantitative estimate of drug-likeness (QED) is 0.678. The minimum absolute atomic E-state index is 0.0634. The van der Waals surface area contributed by atoms with E-state index < -0.39 is 0 Å². The third-order valence-corrected chi connectivity index (χ3v) is 3.83. The van der Waals surface area contributed by atoms with Gasteiger partial charge < -0.3 is 4.74 Å². The summed E-state index contributed by atoms with van der Waals surface area (Å²) in [5.41, 5.74) is 1.47. The molecule has 4 nitrogen and oxygen atoms in total. The number of benzene rings is 1. The summed E-state index contributed by atoms with van der Waals surface area (Å²) >= 11 is 1.40. The maximum absolute atomic E-state index is 12.2. The molecule has 0 amide bonds. The zero-order valence-electron chi connectivity index (χ0n) is 11.1. The minimum Gasteiger partial charge on any atom is -0.489 e. The van der Waals surface area contributed by atoms with Crippen LogP contribution in [-0.4, -0.2) is 15.8 Å². The van der Waals surface area contributed by atoms with Gasteiger partial charge in [-0.05, 0) is 23.6 Å². The number of para-hydroxylation sites is 1. The van der Waals surface area contributed by atoms with E-state index >= 15 is 0 Å². The molecular formula is C16H12N2O2S. The monoisotopic (exact) mass is 296 g/mol. The van der Waals surface area contributed by atoms with Gasteiger partial charge in [0.25, 0.3) is 0 Å². The highest BCUT2D eigenvalue weighted by molar-refractivity contribution is 7.12. The largest absolute Gasteiger partial charge is 0.489 e. The average molecular weight is 296 g/mol. The minimum atomic E-state index is -0.0634. The van der Waals surface area contributed by atoms with Crippen molar-refractivity contribution in [2.45, 2.75) is 6.61 Å². The lowest BCUT2D eigenvalue weighted by molar-refractivity contribution is 0.104. The van der Waals surface area contributed by atoms with Gasteiger partial charge in [-0.3, -0.25) is 4.79 Å². The fourth-order valence-electron chi connectivity index (χ4n) is 1.81. The number of hydrogen-bond donors (Lipinski definition) is 0. The molecule has 0 aliphatic heterocycles. The standard InChI is InChI=1S/C16H12N2O2S/c19-16(13-7-17-11-18-8-13)15-6-12(10-21-15)9-20-14-4-2-1-3-5-14/h1-8,10-11H,9H2. The second-order valence-corrected chi connectivity index (χ2v) is 5.29. The van der Waals surface area contributed by atoms with Crippen LogP contribution in [-0.2, 0) is 6.61 Å². The zero-order chi connectivity index (χ0) is 14.5. The van der Waals surface area contributed by atoms with E-state index in [1.807, 2.05) is 41.8 Å². The molecule has 0 unspecified atom stereocenters. The Bertz CT molecular complexity index is 726. The molecule has 0 saturated heterocycles. The molecular weight excluding hydrogens is 284 g/mol. The van der Waals surface area contributed by atoms with E-state index in [1.165, 1.54) is 30.1 Å². The Hall–Kier alpha value is -2.53. The summed E-state index contributed by atoms with van der Waals surface area (Å²) in [5.74, 6) is 0.750. The topological polar surface area (TPSA) is 52.1 Å². The number of aromatic nitrogens is 2. The molecule has 0 atom stereocenters. The SMILES string of the molecule is O=C(c1cncnc1)c1cc(COc2ccccc2)cs1. The lowest BCUT2D eigenvalue weighted by Gasteiger charge is -2.03. The fraction of sp³-hybridized carbons (Fsp3) is 0.0625. The summed E-state index contributed by atoms with van der Waals surface area (Å²) in [7, 11) is 0. The average Bonchev–Trinajstić information content (AvgIpc) is 3.03. The van der Waals surface area contributed by atoms with Crippen molar-refractivity contribution in [2.24, 2.45) is 0 Å². The maximum Gasteiger partial charge on any atom is 0.206 e. The highest BCUT2D eigenvalue weighted by Crippen LogP contribution is 2.20. The molecule has 3 rings (SSSR count). The Kier molecular flexibility index (Phi) is 4.02. The van der Waals surface area contributed by atoms with E-state index in [0.717, 1.165) is 11.3 Å². The highest BCUT2D eigenvalue weighted by atomic mass is 32.1. The van der Waals surface area contributed by atoms with E-state index in [0.29, 0.717) is 17.0 Å². The van der Waals surface area contributed by atoms with E-state index in [2.05, 4.69) is 9.97 Å². The Morgan fingerprint density at radius 2 is 1.90 bits per heavy atom. The molecule has 5 heteroatoms. The normalized spacial score (nSPS) is 10.3. The van der Waals surface area contributed by atoms with Crippen LogP contribution in [0.3, 0.4) is 0 Å². The molecule has 0 spiro atoms. The third-order valence-electron chi connectivity index (χ3n) is 2.85. The molecule has 2 heterocycles. The second-order valence-electron chi connectivity index (χ2n) is 4.38. The number of carbonyl (C=O) groups excluding carboxylic acids is 1. The van der Waals surface area contributed by atoms with Crippen LogP contribution in [0.5, 0.6) is 5.75 Å². The third kappa shape index (κ3) is 3.32. The maximum atomic E-state index is 12.2. The molecule has 0 N–H and O–H groups in total. The van der Waals surface area contributed by atoms with Crippen molar-refractivity contribution in [3.05, 3.63) is 76.5 Å². The molecule has 0 aliphatic rings. The van der Waals surface area contributed by atoms with Gasteiger partial charge in [-0.2, -0.15) is 0 Å². The molecule has 1 aromatic carbocycles. The number of carbonyl (C=O) groups is 1.